The number of para-hydroxylation sites is 1. The van der Waals surface area contributed by atoms with Crippen molar-refractivity contribution in [3.8, 4) is 28.8 Å². The van der Waals surface area contributed by atoms with E-state index >= 15 is 0 Å². The number of nitrogens with zero attached hydrogens (tertiary/aromatic N) is 4. The molecule has 1 aliphatic carbocycles. The molecule has 1 saturated carbocycles. The predicted octanol–water partition coefficient (Wildman–Crippen LogP) is 5.47. The van der Waals surface area contributed by atoms with E-state index < -0.39 is 5.91 Å². The molecule has 1 aromatic heterocycles. The molecule has 0 bridgehead atoms. The molecule has 0 atom stereocenters. The number of hydrogen-bond donors (Lipinski definition) is 0. The zero-order valence-electron chi connectivity index (χ0n) is 21.0. The van der Waals surface area contributed by atoms with Gasteiger partial charge >= 0.3 is 0 Å². The summed E-state index contributed by atoms with van der Waals surface area (Å²) in [7, 11) is 1.61. The second-order valence-electron chi connectivity index (χ2n) is 9.39. The number of nitriles is 1. The number of benzene rings is 2. The van der Waals surface area contributed by atoms with Crippen molar-refractivity contribution in [1.29, 1.82) is 5.26 Å². The van der Waals surface area contributed by atoms with Crippen LogP contribution in [0.25, 0.3) is 23.0 Å². The maximum atomic E-state index is 13.8. The van der Waals surface area contributed by atoms with Gasteiger partial charge in [-0.05, 0) is 55.7 Å². The van der Waals surface area contributed by atoms with Gasteiger partial charge in [-0.2, -0.15) is 10.4 Å². The number of imide groups is 1. The normalized spacial score (nSPS) is 17.9. The maximum absolute atomic E-state index is 13.8. The van der Waals surface area contributed by atoms with Crippen LogP contribution in [0.1, 0.15) is 44.6 Å². The molecular weight excluding hydrogens is 464 g/mol. The minimum Gasteiger partial charge on any atom is -0.497 e. The third kappa shape index (κ3) is 4.58. The van der Waals surface area contributed by atoms with Crippen LogP contribution in [0, 0.1) is 11.3 Å². The van der Waals surface area contributed by atoms with Gasteiger partial charge in [0.1, 0.15) is 23.1 Å². The molecule has 37 heavy (non-hydrogen) atoms. The minimum absolute atomic E-state index is 0.0230. The molecule has 2 amide bonds. The molecule has 0 saturated heterocycles. The van der Waals surface area contributed by atoms with Crippen LogP contribution in [0.3, 0.4) is 0 Å². The van der Waals surface area contributed by atoms with Crippen LogP contribution in [0.5, 0.6) is 5.75 Å². The Balaban J connectivity index is 1.67. The third-order valence-electron chi connectivity index (χ3n) is 7.12. The SMILES string of the molecule is COc1cccc(-c2nn(-c3ccccc3)cc2/C=C2/C(=O)N(C3CCCCC3)C(=O)C(C#N)=C2C)c1. The van der Waals surface area contributed by atoms with Crippen molar-refractivity contribution < 1.29 is 14.3 Å². The van der Waals surface area contributed by atoms with Crippen LogP contribution in [0.4, 0.5) is 0 Å². The summed E-state index contributed by atoms with van der Waals surface area (Å²) in [5.74, 6) is -0.143. The van der Waals surface area contributed by atoms with E-state index in [2.05, 4.69) is 6.07 Å². The largest absolute Gasteiger partial charge is 0.497 e. The van der Waals surface area contributed by atoms with Crippen molar-refractivity contribution in [3.05, 3.63) is 83.1 Å². The molecule has 1 aliphatic heterocycles. The Kier molecular flexibility index (Phi) is 6.74. The standard InChI is InChI=1S/C30H28N4O3/c1-20-26(29(35)34(30(36)27(20)18-31)24-13-7-4-8-14-24)17-22-19-33(23-11-5-3-6-12-23)32-28(22)21-10-9-15-25(16-21)37-2/h3,5-6,9-12,15-17,19,24H,4,7-8,13-14H2,1-2H3/b26-17+. The lowest BCUT2D eigenvalue weighted by atomic mass is 9.88. The number of rotatable bonds is 5. The molecule has 2 heterocycles. The average Bonchev–Trinajstić information content (AvgIpc) is 3.36. The fraction of sp³-hybridized carbons (Fsp3) is 0.267. The van der Waals surface area contributed by atoms with E-state index in [0.717, 1.165) is 43.4 Å². The number of ether oxygens (including phenoxy) is 1. The van der Waals surface area contributed by atoms with Crippen molar-refractivity contribution in [2.24, 2.45) is 0 Å². The highest BCUT2D eigenvalue weighted by molar-refractivity contribution is 6.20. The second-order valence-corrected chi connectivity index (χ2v) is 9.39. The van der Waals surface area contributed by atoms with Crippen molar-refractivity contribution in [3.63, 3.8) is 0 Å². The van der Waals surface area contributed by atoms with Crippen LogP contribution < -0.4 is 4.74 Å². The molecule has 0 spiro atoms. The van der Waals surface area contributed by atoms with Crippen molar-refractivity contribution in [1.82, 2.24) is 14.7 Å². The highest BCUT2D eigenvalue weighted by Gasteiger charge is 2.40. The molecular formula is C30H28N4O3. The average molecular weight is 493 g/mol. The van der Waals surface area contributed by atoms with Crippen LogP contribution in [-0.4, -0.2) is 39.6 Å². The molecule has 2 aliphatic rings. The van der Waals surface area contributed by atoms with Gasteiger partial charge in [-0.3, -0.25) is 14.5 Å². The minimum atomic E-state index is -0.484. The number of methoxy groups -OCH3 is 1. The highest BCUT2D eigenvalue weighted by Crippen LogP contribution is 2.35. The van der Waals surface area contributed by atoms with Crippen molar-refractivity contribution in [2.75, 3.05) is 7.11 Å². The topological polar surface area (TPSA) is 88.2 Å². The van der Waals surface area contributed by atoms with Gasteiger partial charge in [0.05, 0.1) is 12.8 Å². The van der Waals surface area contributed by atoms with Gasteiger partial charge in [-0.25, -0.2) is 4.68 Å². The first kappa shape index (κ1) is 24.3. The summed E-state index contributed by atoms with van der Waals surface area (Å²) in [5, 5.41) is 14.7. The van der Waals surface area contributed by atoms with E-state index in [1.807, 2.05) is 60.8 Å². The Morgan fingerprint density at radius 3 is 2.49 bits per heavy atom. The Morgan fingerprint density at radius 2 is 1.78 bits per heavy atom. The van der Waals surface area contributed by atoms with Gasteiger partial charge in [-0.15, -0.1) is 0 Å². The van der Waals surface area contributed by atoms with E-state index in [1.54, 1.807) is 24.8 Å². The molecule has 7 nitrogen and oxygen atoms in total. The Morgan fingerprint density at radius 1 is 1.03 bits per heavy atom. The summed E-state index contributed by atoms with van der Waals surface area (Å²) in [5.41, 5.74) is 3.83. The number of aromatic nitrogens is 2. The number of hydrogen-bond acceptors (Lipinski definition) is 5. The molecule has 1 fully saturated rings. The summed E-state index contributed by atoms with van der Waals surface area (Å²) in [6, 6.07) is 19.2. The van der Waals surface area contributed by atoms with E-state index in [1.165, 1.54) is 4.90 Å². The monoisotopic (exact) mass is 492 g/mol. The number of carbonyl (C=O) groups excluding carboxylic acids is 2. The van der Waals surface area contributed by atoms with Crippen LogP contribution in [0.15, 0.2) is 77.5 Å². The Bertz CT molecular complexity index is 1450. The molecule has 7 heteroatoms. The van der Waals surface area contributed by atoms with E-state index in [4.69, 9.17) is 9.84 Å². The Labute approximate surface area is 216 Å². The fourth-order valence-corrected chi connectivity index (χ4v) is 5.13. The van der Waals surface area contributed by atoms with Crippen molar-refractivity contribution in [2.45, 2.75) is 45.1 Å². The summed E-state index contributed by atoms with van der Waals surface area (Å²) < 4.78 is 7.19. The quantitative estimate of drug-likeness (QED) is 0.348. The zero-order valence-corrected chi connectivity index (χ0v) is 21.0. The first-order chi connectivity index (χ1) is 18.0. The number of amides is 2. The van der Waals surface area contributed by atoms with Gasteiger partial charge in [0.2, 0.25) is 0 Å². The molecule has 3 aromatic rings. The fourth-order valence-electron chi connectivity index (χ4n) is 5.13. The van der Waals surface area contributed by atoms with Crippen LogP contribution in [-0.2, 0) is 9.59 Å². The maximum Gasteiger partial charge on any atom is 0.271 e. The predicted molar refractivity (Wildman–Crippen MR) is 141 cm³/mol. The first-order valence-electron chi connectivity index (χ1n) is 12.5. The Hall–Kier alpha value is -4.44. The van der Waals surface area contributed by atoms with Gasteiger partial charge in [0, 0.05) is 28.9 Å². The summed E-state index contributed by atoms with van der Waals surface area (Å²) in [6.45, 7) is 1.67. The van der Waals surface area contributed by atoms with Gasteiger partial charge < -0.3 is 4.74 Å². The second kappa shape index (κ2) is 10.3. The lowest BCUT2D eigenvalue weighted by Gasteiger charge is -2.36. The molecule has 0 radical (unpaired) electrons. The zero-order chi connectivity index (χ0) is 25.9. The van der Waals surface area contributed by atoms with Gasteiger partial charge in [0.15, 0.2) is 0 Å². The highest BCUT2D eigenvalue weighted by atomic mass is 16.5. The molecule has 0 N–H and O–H groups in total. The van der Waals surface area contributed by atoms with Gasteiger partial charge in [0.25, 0.3) is 11.8 Å². The first-order valence-corrected chi connectivity index (χ1v) is 12.5. The lowest BCUT2D eigenvalue weighted by molar-refractivity contribution is -0.143. The van der Waals surface area contributed by atoms with Crippen LogP contribution in [0.2, 0.25) is 0 Å². The smallest absolute Gasteiger partial charge is 0.271 e. The third-order valence-corrected chi connectivity index (χ3v) is 7.12. The molecule has 0 unspecified atom stereocenters. The molecule has 2 aromatic carbocycles. The van der Waals surface area contributed by atoms with E-state index in [9.17, 15) is 14.9 Å². The van der Waals surface area contributed by atoms with E-state index in [0.29, 0.717) is 28.2 Å². The van der Waals surface area contributed by atoms with Crippen LogP contribution >= 0.6 is 0 Å². The number of carbonyl (C=O) groups is 2. The summed E-state index contributed by atoms with van der Waals surface area (Å²) >= 11 is 0. The van der Waals surface area contributed by atoms with Gasteiger partial charge in [-0.1, -0.05) is 49.6 Å². The summed E-state index contributed by atoms with van der Waals surface area (Å²) in [6.07, 6.45) is 8.19. The lowest BCUT2D eigenvalue weighted by Crippen LogP contribution is -2.49. The molecule has 5 rings (SSSR count). The van der Waals surface area contributed by atoms with E-state index in [-0.39, 0.29) is 17.5 Å². The molecule has 186 valence electrons. The summed E-state index contributed by atoms with van der Waals surface area (Å²) in [4.78, 5) is 28.3. The van der Waals surface area contributed by atoms with Crippen molar-refractivity contribution >= 4 is 17.9 Å².